The average molecular weight is 1300 g/mol. The third-order valence-corrected chi connectivity index (χ3v) is 10.5. The molecule has 0 heterocycles. The van der Waals surface area contributed by atoms with Gasteiger partial charge in [-0.05, 0) is 145 Å². The fraction of sp³-hybridized carbons (Fsp3) is 0.258. The van der Waals surface area contributed by atoms with E-state index in [1.807, 2.05) is 12.1 Å². The van der Waals surface area contributed by atoms with Crippen molar-refractivity contribution >= 4 is 78.2 Å². The third kappa shape index (κ3) is 34.2. The minimum Gasteiger partial charge on any atom is -0.504 e. The minimum absolute atomic E-state index is 0. The second-order valence-electron chi connectivity index (χ2n) is 16.9. The van der Waals surface area contributed by atoms with Gasteiger partial charge in [0.1, 0.15) is 24.4 Å². The van der Waals surface area contributed by atoms with Crippen LogP contribution in [0, 0.1) is 0 Å². The van der Waals surface area contributed by atoms with Gasteiger partial charge in [0.15, 0.2) is 101 Å². The molecule has 0 fully saturated rings. The Kier molecular flexibility index (Phi) is 46.5. The van der Waals surface area contributed by atoms with E-state index in [2.05, 4.69) is 4.74 Å². The zero-order valence-corrected chi connectivity index (χ0v) is 54.0. The Balaban J connectivity index is 0. The molecule has 0 saturated carbocycles. The van der Waals surface area contributed by atoms with E-state index >= 15 is 0 Å². The standard InChI is InChI=1S/C23H26O7.C19H18O5.C10H12O4.C8H8O3.C3H6O.C2H5ClO.CH4O.ClH/c1-25-15-29-20-11-7-17(13-22(20)27-3)5-9-19(24)10-6-18-8-12-21(30-16-26-2)23(14-18)28-4;1-23-18-11-13(5-9-16(18)21)3-7-15(20)8-4-14-6-10-17(22)19(12-14)24-2;1-12-7-14-9-4-3-8(6-11)5-10(9)13-2;1-11-8-4-6(5-9)2-3-7(8)10;1-3(2)4;1-4-2-3;1-2;/h5-14H,15-16H2,1-4H3;3-12,21-22H,1-2H3;3-6H,7H2,1-2H3;2-5,10H,1H3;1-2H3;2H2,1H3;2H,1H3;1H/b9-5+,10-6+;7-3+,8-4+;;;;;;. The number of methoxy groups -OCH3 is 10. The molecule has 22 nitrogen and oxygen atoms in total. The molecule has 490 valence electrons. The van der Waals surface area contributed by atoms with Crippen LogP contribution in [0.2, 0.25) is 0 Å². The van der Waals surface area contributed by atoms with E-state index in [1.54, 1.807) is 127 Å². The van der Waals surface area contributed by atoms with E-state index < -0.39 is 0 Å². The summed E-state index contributed by atoms with van der Waals surface area (Å²) >= 11 is 4.96. The molecule has 0 aliphatic heterocycles. The maximum Gasteiger partial charge on any atom is 0.188 e. The van der Waals surface area contributed by atoms with E-state index in [1.165, 1.54) is 104 Å². The number of ether oxygens (including phenoxy) is 13. The van der Waals surface area contributed by atoms with E-state index in [0.717, 1.165) is 35.6 Å². The van der Waals surface area contributed by atoms with Crippen molar-refractivity contribution in [2.75, 3.05) is 105 Å². The third-order valence-electron chi connectivity index (χ3n) is 10.3. The van der Waals surface area contributed by atoms with E-state index in [0.29, 0.717) is 75.2 Å². The molecule has 0 spiro atoms. The quantitative estimate of drug-likeness (QED) is 0.0170. The Morgan fingerprint density at radius 1 is 0.367 bits per heavy atom. The van der Waals surface area contributed by atoms with Crippen LogP contribution >= 0.6 is 24.0 Å². The van der Waals surface area contributed by atoms with Crippen LogP contribution in [0.15, 0.2) is 133 Å². The van der Waals surface area contributed by atoms with Gasteiger partial charge in [0.25, 0.3) is 0 Å². The first-order chi connectivity index (χ1) is 42.9. The first-order valence-electron chi connectivity index (χ1n) is 26.1. The lowest BCUT2D eigenvalue weighted by Crippen LogP contribution is -2.01. The molecule has 0 amide bonds. The van der Waals surface area contributed by atoms with Crippen LogP contribution in [0.5, 0.6) is 69.0 Å². The number of carbonyl (C=O) groups excluding carboxylic acids is 5. The highest BCUT2D eigenvalue weighted by molar-refractivity contribution is 6.17. The monoisotopic (exact) mass is 1290 g/mol. The van der Waals surface area contributed by atoms with Gasteiger partial charge in [-0.1, -0.05) is 60.2 Å². The fourth-order valence-electron chi connectivity index (χ4n) is 6.25. The first kappa shape index (κ1) is 82.7. The highest BCUT2D eigenvalue weighted by atomic mass is 35.5. The van der Waals surface area contributed by atoms with Crippen molar-refractivity contribution in [2.24, 2.45) is 0 Å². The lowest BCUT2D eigenvalue weighted by molar-refractivity contribution is -0.115. The van der Waals surface area contributed by atoms with E-state index in [9.17, 15) is 34.2 Å². The normalized spacial score (nSPS) is 9.94. The molecule has 0 bridgehead atoms. The summed E-state index contributed by atoms with van der Waals surface area (Å²) in [7, 11) is 16.1. The van der Waals surface area contributed by atoms with Crippen molar-refractivity contribution in [1.29, 1.82) is 0 Å². The molecule has 0 atom stereocenters. The van der Waals surface area contributed by atoms with Crippen LogP contribution in [0.1, 0.15) is 56.8 Å². The Bertz CT molecular complexity index is 3030. The number of allylic oxidation sites excluding steroid dienone is 4. The van der Waals surface area contributed by atoms with Gasteiger partial charge in [0.2, 0.25) is 0 Å². The first-order valence-corrected chi connectivity index (χ1v) is 26.6. The number of hydrogen-bond donors (Lipinski definition) is 4. The number of aliphatic hydroxyl groups is 1. The predicted molar refractivity (Wildman–Crippen MR) is 347 cm³/mol. The zero-order chi connectivity index (χ0) is 66.9. The van der Waals surface area contributed by atoms with Crippen LogP contribution in [-0.2, 0) is 33.3 Å². The number of rotatable bonds is 26. The van der Waals surface area contributed by atoms with Gasteiger partial charge >= 0.3 is 0 Å². The van der Waals surface area contributed by atoms with Crippen LogP contribution in [0.4, 0.5) is 0 Å². The van der Waals surface area contributed by atoms with Gasteiger partial charge in [0, 0.05) is 46.7 Å². The van der Waals surface area contributed by atoms with Gasteiger partial charge in [-0.15, -0.1) is 12.4 Å². The number of hydrogen-bond acceptors (Lipinski definition) is 22. The number of alkyl halides is 1. The molecule has 0 unspecified atom stereocenters. The summed E-state index contributed by atoms with van der Waals surface area (Å²) in [6.45, 7) is 3.45. The highest BCUT2D eigenvalue weighted by Gasteiger charge is 2.09. The van der Waals surface area contributed by atoms with Gasteiger partial charge in [-0.3, -0.25) is 19.2 Å². The molecular formula is C66H80Cl2O22. The van der Waals surface area contributed by atoms with Gasteiger partial charge < -0.3 is 86.8 Å². The van der Waals surface area contributed by atoms with Gasteiger partial charge in [-0.25, -0.2) is 0 Å². The Morgan fingerprint density at radius 2 is 0.578 bits per heavy atom. The topological polar surface area (TPSA) is 286 Å². The van der Waals surface area contributed by atoms with Crippen LogP contribution in [0.25, 0.3) is 24.3 Å². The number of phenolic OH excluding ortho intramolecular Hbond substituents is 3. The molecule has 6 aromatic rings. The molecule has 0 saturated heterocycles. The highest BCUT2D eigenvalue weighted by Crippen LogP contribution is 2.32. The number of halogens is 2. The summed E-state index contributed by atoms with van der Waals surface area (Å²) in [5.74, 6) is 4.25. The second kappa shape index (κ2) is 50.6. The van der Waals surface area contributed by atoms with Crippen molar-refractivity contribution in [3.63, 3.8) is 0 Å². The number of ketones is 3. The Labute approximate surface area is 536 Å². The lowest BCUT2D eigenvalue weighted by atomic mass is 10.1. The summed E-state index contributed by atoms with van der Waals surface area (Å²) in [4.78, 5) is 54.3. The van der Waals surface area contributed by atoms with E-state index in [-0.39, 0.29) is 67.4 Å². The number of Topliss-reactive ketones (excluding diaryl/α,β-unsaturated/α-hetero) is 1. The number of benzene rings is 6. The molecule has 24 heteroatoms. The SMILES string of the molecule is CC(C)=O.CO.COCCl.COCOc1ccc(/C=C/C(=O)/C=C/c2ccc(OCOC)c(OC)c2)cc1OC.COCOc1ccc(C=O)cc1OC.COc1cc(/C=C/C(=O)/C=C/c2ccc(O)c(OC)c2)ccc1O.COc1cc(C=O)ccc1O.Cl. The van der Waals surface area contributed by atoms with Gasteiger partial charge in [0.05, 0.1) is 42.7 Å². The second-order valence-corrected chi connectivity index (χ2v) is 17.1. The van der Waals surface area contributed by atoms with Crippen molar-refractivity contribution in [2.45, 2.75) is 13.8 Å². The summed E-state index contributed by atoms with van der Waals surface area (Å²) in [5, 5.41) is 35.1. The Hall–Kier alpha value is -9.39. The van der Waals surface area contributed by atoms with Crippen LogP contribution in [-0.4, -0.2) is 155 Å². The number of aromatic hydroxyl groups is 3. The molecule has 0 aliphatic carbocycles. The van der Waals surface area contributed by atoms with Crippen molar-refractivity contribution < 1.29 is 106 Å². The molecule has 6 aromatic carbocycles. The summed E-state index contributed by atoms with van der Waals surface area (Å²) in [6.07, 6.45) is 13.9. The minimum atomic E-state index is -0.200. The molecule has 0 radical (unpaired) electrons. The molecule has 0 aromatic heterocycles. The number of aldehydes is 2. The molecule has 4 N–H and O–H groups in total. The maximum absolute atomic E-state index is 12.2. The van der Waals surface area contributed by atoms with Gasteiger partial charge in [-0.2, -0.15) is 0 Å². The van der Waals surface area contributed by atoms with Crippen molar-refractivity contribution in [3.8, 4) is 69.0 Å². The van der Waals surface area contributed by atoms with Crippen molar-refractivity contribution in [3.05, 3.63) is 167 Å². The van der Waals surface area contributed by atoms with Crippen LogP contribution in [0.3, 0.4) is 0 Å². The number of phenols is 3. The largest absolute Gasteiger partial charge is 0.504 e. The summed E-state index contributed by atoms with van der Waals surface area (Å²) in [6, 6.07) is 30.0. The summed E-state index contributed by atoms with van der Waals surface area (Å²) < 4.78 is 65.4. The smallest absolute Gasteiger partial charge is 0.188 e. The lowest BCUT2D eigenvalue weighted by Gasteiger charge is -2.10. The molecule has 90 heavy (non-hydrogen) atoms. The zero-order valence-electron chi connectivity index (χ0n) is 52.4. The number of aliphatic hydroxyl groups excluding tert-OH is 1. The predicted octanol–water partition coefficient (Wildman–Crippen LogP) is 11.5. The van der Waals surface area contributed by atoms with Crippen LogP contribution < -0.4 is 42.6 Å². The summed E-state index contributed by atoms with van der Waals surface area (Å²) in [5.41, 5.74) is 4.11. The van der Waals surface area contributed by atoms with E-state index in [4.69, 9.17) is 78.7 Å². The molecule has 0 aliphatic rings. The maximum atomic E-state index is 12.2. The molecule has 6 rings (SSSR count). The fourth-order valence-corrected chi connectivity index (χ4v) is 6.25. The molecular weight excluding hydrogens is 1220 g/mol. The Morgan fingerprint density at radius 3 is 0.811 bits per heavy atom. The average Bonchev–Trinajstić information content (AvgIpc) is 3.32. The van der Waals surface area contributed by atoms with Crippen molar-refractivity contribution in [1.82, 2.24) is 0 Å². The number of carbonyl (C=O) groups is 5.